The summed E-state index contributed by atoms with van der Waals surface area (Å²) in [6, 6.07) is 8.70. The van der Waals surface area contributed by atoms with E-state index in [0.717, 1.165) is 26.1 Å². The summed E-state index contributed by atoms with van der Waals surface area (Å²) in [5.41, 5.74) is 2.84. The van der Waals surface area contributed by atoms with Gasteiger partial charge < -0.3 is 10.6 Å². The second kappa shape index (κ2) is 10.8. The topological polar surface area (TPSA) is 73.8 Å². The molecule has 0 bridgehead atoms. The fourth-order valence-electron chi connectivity index (χ4n) is 3.32. The second-order valence-electron chi connectivity index (χ2n) is 8.14. The number of halogens is 1. The number of aliphatic imine (C=N–C) groups is 1. The highest BCUT2D eigenvalue weighted by Gasteiger charge is 2.29. The summed E-state index contributed by atoms with van der Waals surface area (Å²) >= 11 is 0. The summed E-state index contributed by atoms with van der Waals surface area (Å²) in [5.74, 6) is 0.887. The van der Waals surface area contributed by atoms with Crippen LogP contribution in [0, 0.1) is 0 Å². The minimum absolute atomic E-state index is 0. The lowest BCUT2D eigenvalue weighted by molar-refractivity contribution is 0.107. The van der Waals surface area contributed by atoms with Crippen LogP contribution < -0.4 is 10.6 Å². The molecule has 0 spiro atoms. The maximum absolute atomic E-state index is 11.3. The van der Waals surface area contributed by atoms with Crippen molar-refractivity contribution in [1.82, 2.24) is 15.5 Å². The average molecular weight is 522 g/mol. The third kappa shape index (κ3) is 7.87. The standard InChI is InChI=1S/C20H34N4O2S.HI/c1-16(11-13-27(5,25)26)23-19(21-4)22-15-20(2,3)24-12-10-17-8-6-7-9-18(17)14-24;/h6-9,16H,10-15H2,1-5H3,(H2,21,22,23);1H. The molecule has 1 unspecified atom stereocenters. The zero-order valence-corrected chi connectivity index (χ0v) is 20.8. The van der Waals surface area contributed by atoms with Crippen LogP contribution in [-0.2, 0) is 22.8 Å². The molecule has 0 aromatic heterocycles. The molecule has 1 aliphatic heterocycles. The van der Waals surface area contributed by atoms with Crippen LogP contribution >= 0.6 is 24.0 Å². The number of hydrogen-bond donors (Lipinski definition) is 2. The number of fused-ring (bicyclic) bond motifs is 1. The van der Waals surface area contributed by atoms with E-state index >= 15 is 0 Å². The average Bonchev–Trinajstić information content (AvgIpc) is 2.62. The minimum atomic E-state index is -2.94. The Bertz CT molecular complexity index is 765. The van der Waals surface area contributed by atoms with Gasteiger partial charge in [-0.15, -0.1) is 24.0 Å². The molecular formula is C20H35IN4O2S. The number of guanidine groups is 1. The molecule has 2 N–H and O–H groups in total. The van der Waals surface area contributed by atoms with Gasteiger partial charge in [-0.1, -0.05) is 24.3 Å². The molecule has 160 valence electrons. The van der Waals surface area contributed by atoms with E-state index in [1.54, 1.807) is 7.05 Å². The van der Waals surface area contributed by atoms with E-state index in [2.05, 4.69) is 58.6 Å². The summed E-state index contributed by atoms with van der Waals surface area (Å²) in [6.07, 6.45) is 2.91. The monoisotopic (exact) mass is 522 g/mol. The molecular weight excluding hydrogens is 487 g/mol. The van der Waals surface area contributed by atoms with Crippen molar-refractivity contribution < 1.29 is 8.42 Å². The first kappa shape index (κ1) is 25.2. The molecule has 0 saturated heterocycles. The van der Waals surface area contributed by atoms with Crippen LogP contribution in [0.2, 0.25) is 0 Å². The second-order valence-corrected chi connectivity index (χ2v) is 10.4. The molecule has 1 aromatic carbocycles. The third-order valence-electron chi connectivity index (χ3n) is 5.20. The number of benzene rings is 1. The van der Waals surface area contributed by atoms with Crippen LogP contribution in [-0.4, -0.2) is 63.0 Å². The fraction of sp³-hybridized carbons (Fsp3) is 0.650. The van der Waals surface area contributed by atoms with Gasteiger partial charge >= 0.3 is 0 Å². The molecule has 0 radical (unpaired) electrons. The molecule has 2 rings (SSSR count). The maximum atomic E-state index is 11.3. The van der Waals surface area contributed by atoms with Gasteiger partial charge in [-0.3, -0.25) is 9.89 Å². The van der Waals surface area contributed by atoms with Gasteiger partial charge in [-0.05, 0) is 44.7 Å². The van der Waals surface area contributed by atoms with Crippen molar-refractivity contribution in [2.24, 2.45) is 4.99 Å². The smallest absolute Gasteiger partial charge is 0.191 e. The highest BCUT2D eigenvalue weighted by Crippen LogP contribution is 2.24. The summed E-state index contributed by atoms with van der Waals surface area (Å²) in [4.78, 5) is 6.79. The van der Waals surface area contributed by atoms with E-state index in [4.69, 9.17) is 0 Å². The Morgan fingerprint density at radius 3 is 2.54 bits per heavy atom. The van der Waals surface area contributed by atoms with Crippen molar-refractivity contribution >= 4 is 39.8 Å². The molecule has 1 heterocycles. The molecule has 6 nitrogen and oxygen atoms in total. The Hall–Kier alpha value is -0.870. The molecule has 0 fully saturated rings. The Balaban J connectivity index is 0.00000392. The van der Waals surface area contributed by atoms with Crippen molar-refractivity contribution in [1.29, 1.82) is 0 Å². The SMILES string of the molecule is CN=C(NCC(C)(C)N1CCc2ccccc2C1)NC(C)CCS(C)(=O)=O.I. The summed E-state index contributed by atoms with van der Waals surface area (Å²) in [6.45, 7) is 9.23. The first-order chi connectivity index (χ1) is 12.6. The quantitative estimate of drug-likeness (QED) is 0.327. The van der Waals surface area contributed by atoms with Gasteiger partial charge in [-0.25, -0.2) is 8.42 Å². The fourth-order valence-corrected chi connectivity index (χ4v) is 4.10. The van der Waals surface area contributed by atoms with Gasteiger partial charge in [-0.2, -0.15) is 0 Å². The predicted molar refractivity (Wildman–Crippen MR) is 128 cm³/mol. The molecule has 0 amide bonds. The molecule has 28 heavy (non-hydrogen) atoms. The van der Waals surface area contributed by atoms with E-state index in [-0.39, 0.29) is 41.3 Å². The Labute approximate surface area is 187 Å². The summed E-state index contributed by atoms with van der Waals surface area (Å²) in [7, 11) is -1.20. The lowest BCUT2D eigenvalue weighted by atomic mass is 9.94. The Kier molecular flexibility index (Phi) is 9.69. The summed E-state index contributed by atoms with van der Waals surface area (Å²) < 4.78 is 22.7. The Morgan fingerprint density at radius 1 is 1.29 bits per heavy atom. The van der Waals surface area contributed by atoms with Crippen LogP contribution in [0.5, 0.6) is 0 Å². The van der Waals surface area contributed by atoms with Crippen molar-refractivity contribution in [3.05, 3.63) is 35.4 Å². The van der Waals surface area contributed by atoms with Crippen molar-refractivity contribution in [2.75, 3.05) is 32.1 Å². The van der Waals surface area contributed by atoms with Crippen LogP contribution in [0.15, 0.2) is 29.3 Å². The zero-order chi connectivity index (χ0) is 20.1. The van der Waals surface area contributed by atoms with Crippen LogP contribution in [0.4, 0.5) is 0 Å². The molecule has 0 aliphatic carbocycles. The number of sulfone groups is 1. The number of nitrogens with zero attached hydrogens (tertiary/aromatic N) is 2. The van der Waals surface area contributed by atoms with Gasteiger partial charge in [0.2, 0.25) is 0 Å². The van der Waals surface area contributed by atoms with Crippen LogP contribution in [0.25, 0.3) is 0 Å². The Morgan fingerprint density at radius 2 is 1.93 bits per heavy atom. The molecule has 8 heteroatoms. The van der Waals surface area contributed by atoms with Gasteiger partial charge in [0.25, 0.3) is 0 Å². The normalized spacial score (nSPS) is 16.7. The van der Waals surface area contributed by atoms with Gasteiger partial charge in [0.05, 0.1) is 5.75 Å². The first-order valence-corrected chi connectivity index (χ1v) is 11.6. The largest absolute Gasteiger partial charge is 0.355 e. The van der Waals surface area contributed by atoms with Gasteiger partial charge in [0.1, 0.15) is 9.84 Å². The van der Waals surface area contributed by atoms with Gasteiger partial charge in [0.15, 0.2) is 5.96 Å². The van der Waals surface area contributed by atoms with E-state index in [1.807, 2.05) is 6.92 Å². The van der Waals surface area contributed by atoms with Crippen molar-refractivity contribution in [2.45, 2.75) is 51.7 Å². The van der Waals surface area contributed by atoms with E-state index in [1.165, 1.54) is 17.4 Å². The molecule has 1 aliphatic rings. The van der Waals surface area contributed by atoms with E-state index in [9.17, 15) is 8.42 Å². The minimum Gasteiger partial charge on any atom is -0.355 e. The van der Waals surface area contributed by atoms with Crippen LogP contribution in [0.3, 0.4) is 0 Å². The summed E-state index contributed by atoms with van der Waals surface area (Å²) in [5, 5.41) is 6.69. The third-order valence-corrected chi connectivity index (χ3v) is 6.18. The maximum Gasteiger partial charge on any atom is 0.191 e. The van der Waals surface area contributed by atoms with E-state index < -0.39 is 9.84 Å². The van der Waals surface area contributed by atoms with Crippen molar-refractivity contribution in [3.8, 4) is 0 Å². The van der Waals surface area contributed by atoms with E-state index in [0.29, 0.717) is 12.4 Å². The highest BCUT2D eigenvalue weighted by atomic mass is 127. The lowest BCUT2D eigenvalue weighted by Gasteiger charge is -2.42. The number of rotatable bonds is 7. The lowest BCUT2D eigenvalue weighted by Crippen LogP contribution is -2.55. The zero-order valence-electron chi connectivity index (χ0n) is 17.7. The molecule has 0 saturated carbocycles. The predicted octanol–water partition coefficient (Wildman–Crippen LogP) is 2.43. The first-order valence-electron chi connectivity index (χ1n) is 9.57. The number of nitrogens with one attached hydrogen (secondary N) is 2. The molecule has 1 atom stereocenters. The van der Waals surface area contributed by atoms with Crippen LogP contribution in [0.1, 0.15) is 38.3 Å². The number of hydrogen-bond acceptors (Lipinski definition) is 4. The highest BCUT2D eigenvalue weighted by molar-refractivity contribution is 14.0. The van der Waals surface area contributed by atoms with Gasteiger partial charge in [0, 0.05) is 44.5 Å². The molecule has 1 aromatic rings. The van der Waals surface area contributed by atoms with Crippen molar-refractivity contribution in [3.63, 3.8) is 0 Å².